The number of allylic oxidation sites excluding steroid dienone is 2. The molecule has 1 aromatic carbocycles. The van der Waals surface area contributed by atoms with E-state index in [1.54, 1.807) is 12.1 Å². The van der Waals surface area contributed by atoms with Gasteiger partial charge in [0.25, 0.3) is 0 Å². The molecule has 16 heavy (non-hydrogen) atoms. The van der Waals surface area contributed by atoms with Crippen molar-refractivity contribution >= 4 is 5.97 Å². The molecule has 1 aliphatic rings. The number of rotatable bonds is 3. The lowest BCUT2D eigenvalue weighted by Gasteiger charge is -2.14. The molecule has 1 N–H and O–H groups in total. The second-order valence-corrected chi connectivity index (χ2v) is 3.83. The van der Waals surface area contributed by atoms with Crippen LogP contribution in [0.4, 0.5) is 0 Å². The van der Waals surface area contributed by atoms with Crippen molar-refractivity contribution in [3.8, 4) is 0 Å². The monoisotopic (exact) mass is 217 g/mol. The molecule has 3 heteroatoms. The highest BCUT2D eigenvalue weighted by molar-refractivity contribution is 5.89. The highest BCUT2D eigenvalue weighted by atomic mass is 16.7. The van der Waals surface area contributed by atoms with Crippen molar-refractivity contribution in [3.63, 3.8) is 0 Å². The summed E-state index contributed by atoms with van der Waals surface area (Å²) in [7, 11) is 0. The van der Waals surface area contributed by atoms with Gasteiger partial charge in [0.05, 0.1) is 5.56 Å². The van der Waals surface area contributed by atoms with E-state index in [1.165, 1.54) is 6.42 Å². The summed E-state index contributed by atoms with van der Waals surface area (Å²) >= 11 is 0. The Labute approximate surface area is 95.1 Å². The maximum absolute atomic E-state index is 11.6. The predicted molar refractivity (Wildman–Crippen MR) is 61.5 cm³/mol. The minimum Gasteiger partial charge on any atom is -0.338 e. The van der Waals surface area contributed by atoms with Gasteiger partial charge < -0.3 is 4.84 Å². The number of carbonyl (C=O) groups is 1. The Morgan fingerprint density at radius 2 is 2.00 bits per heavy atom. The zero-order chi connectivity index (χ0) is 11.2. The normalized spacial score (nSPS) is 15.1. The first-order valence-corrected chi connectivity index (χ1v) is 5.57. The molecule has 0 heterocycles. The second kappa shape index (κ2) is 5.35. The molecule has 0 spiro atoms. The zero-order valence-electron chi connectivity index (χ0n) is 9.11. The third kappa shape index (κ3) is 2.86. The third-order valence-corrected chi connectivity index (χ3v) is 2.58. The minimum absolute atomic E-state index is 0.341. The van der Waals surface area contributed by atoms with Crippen molar-refractivity contribution in [1.82, 2.24) is 5.48 Å². The summed E-state index contributed by atoms with van der Waals surface area (Å²) in [4.78, 5) is 16.6. The first-order valence-electron chi connectivity index (χ1n) is 5.57. The summed E-state index contributed by atoms with van der Waals surface area (Å²) in [5.74, 6) is -0.341. The maximum atomic E-state index is 11.6. The van der Waals surface area contributed by atoms with Crippen molar-refractivity contribution in [2.45, 2.75) is 25.7 Å². The summed E-state index contributed by atoms with van der Waals surface area (Å²) in [5, 5.41) is 0. The van der Waals surface area contributed by atoms with Crippen molar-refractivity contribution in [3.05, 3.63) is 47.7 Å². The van der Waals surface area contributed by atoms with Crippen LogP contribution in [0.5, 0.6) is 0 Å². The Morgan fingerprint density at radius 1 is 1.19 bits per heavy atom. The first kappa shape index (κ1) is 10.7. The third-order valence-electron chi connectivity index (χ3n) is 2.58. The van der Waals surface area contributed by atoms with E-state index >= 15 is 0 Å². The molecule has 0 saturated carbocycles. The van der Waals surface area contributed by atoms with E-state index in [4.69, 9.17) is 4.84 Å². The van der Waals surface area contributed by atoms with E-state index < -0.39 is 0 Å². The van der Waals surface area contributed by atoms with Crippen molar-refractivity contribution in [2.24, 2.45) is 0 Å². The van der Waals surface area contributed by atoms with Crippen LogP contribution in [0.1, 0.15) is 36.0 Å². The molecule has 0 fully saturated rings. The van der Waals surface area contributed by atoms with E-state index in [9.17, 15) is 4.79 Å². The lowest BCUT2D eigenvalue weighted by Crippen LogP contribution is -2.20. The van der Waals surface area contributed by atoms with E-state index in [2.05, 4.69) is 11.6 Å². The molecule has 0 aromatic heterocycles. The van der Waals surface area contributed by atoms with Crippen LogP contribution in [0.2, 0.25) is 0 Å². The quantitative estimate of drug-likeness (QED) is 0.791. The fourth-order valence-electron chi connectivity index (χ4n) is 1.68. The fourth-order valence-corrected chi connectivity index (χ4v) is 1.68. The Morgan fingerprint density at radius 3 is 2.69 bits per heavy atom. The number of hydrogen-bond acceptors (Lipinski definition) is 3. The molecule has 2 rings (SSSR count). The maximum Gasteiger partial charge on any atom is 0.362 e. The van der Waals surface area contributed by atoms with Crippen LogP contribution < -0.4 is 5.48 Å². The number of hydroxylamine groups is 1. The smallest absolute Gasteiger partial charge is 0.338 e. The zero-order valence-corrected chi connectivity index (χ0v) is 9.11. The Bertz CT molecular complexity index is 384. The van der Waals surface area contributed by atoms with Gasteiger partial charge in [-0.1, -0.05) is 24.3 Å². The minimum atomic E-state index is -0.341. The second-order valence-electron chi connectivity index (χ2n) is 3.83. The number of hydrogen-bond donors (Lipinski definition) is 1. The highest BCUT2D eigenvalue weighted by Gasteiger charge is 2.08. The molecule has 3 nitrogen and oxygen atoms in total. The van der Waals surface area contributed by atoms with Crippen LogP contribution in [0.25, 0.3) is 0 Å². The molecular weight excluding hydrogens is 202 g/mol. The molecule has 0 atom stereocenters. The lowest BCUT2D eigenvalue weighted by molar-refractivity contribution is 0.0314. The number of carbonyl (C=O) groups excluding carboxylic acids is 1. The van der Waals surface area contributed by atoms with Gasteiger partial charge in [-0.25, -0.2) is 10.3 Å². The van der Waals surface area contributed by atoms with Crippen molar-refractivity contribution in [1.29, 1.82) is 0 Å². The molecule has 0 unspecified atom stereocenters. The van der Waals surface area contributed by atoms with Gasteiger partial charge in [-0.2, -0.15) is 0 Å². The Hall–Kier alpha value is -1.77. The highest BCUT2D eigenvalue weighted by Crippen LogP contribution is 2.14. The topological polar surface area (TPSA) is 38.3 Å². The van der Waals surface area contributed by atoms with E-state index in [1.807, 2.05) is 18.2 Å². The average molecular weight is 217 g/mol. The summed E-state index contributed by atoms with van der Waals surface area (Å²) < 4.78 is 0. The molecule has 0 radical (unpaired) electrons. The SMILES string of the molecule is O=C(ONC1=CCCCC1)c1ccccc1. The molecule has 0 saturated heterocycles. The predicted octanol–water partition coefficient (Wildman–Crippen LogP) is 2.81. The van der Waals surface area contributed by atoms with Crippen LogP contribution in [0, 0.1) is 0 Å². The molecule has 0 bridgehead atoms. The van der Waals surface area contributed by atoms with Crippen LogP contribution in [-0.4, -0.2) is 5.97 Å². The van der Waals surface area contributed by atoms with Crippen LogP contribution in [0.3, 0.4) is 0 Å². The van der Waals surface area contributed by atoms with Crippen LogP contribution >= 0.6 is 0 Å². The molecule has 1 aromatic rings. The molecule has 0 amide bonds. The molecule has 0 aliphatic heterocycles. The average Bonchev–Trinajstić information content (AvgIpc) is 2.38. The molecule has 84 valence electrons. The summed E-state index contributed by atoms with van der Waals surface area (Å²) in [6.07, 6.45) is 6.48. The Kier molecular flexibility index (Phi) is 3.59. The summed E-state index contributed by atoms with van der Waals surface area (Å²) in [6.45, 7) is 0. The van der Waals surface area contributed by atoms with Gasteiger partial charge in [-0.3, -0.25) is 0 Å². The Balaban J connectivity index is 1.86. The van der Waals surface area contributed by atoms with E-state index in [-0.39, 0.29) is 5.97 Å². The van der Waals surface area contributed by atoms with Crippen molar-refractivity contribution in [2.75, 3.05) is 0 Å². The van der Waals surface area contributed by atoms with Crippen LogP contribution in [0.15, 0.2) is 42.1 Å². The molecule has 1 aliphatic carbocycles. The summed E-state index contributed by atoms with van der Waals surface area (Å²) in [6, 6.07) is 8.97. The van der Waals surface area contributed by atoms with Gasteiger partial charge in [0.15, 0.2) is 0 Å². The van der Waals surface area contributed by atoms with Crippen molar-refractivity contribution < 1.29 is 9.63 Å². The fraction of sp³-hybridized carbons (Fsp3) is 0.308. The summed E-state index contributed by atoms with van der Waals surface area (Å²) in [5.41, 5.74) is 4.30. The number of benzene rings is 1. The standard InChI is InChI=1S/C13H15NO2/c15-13(11-7-3-1-4-8-11)16-14-12-9-5-2-6-10-12/h1,3-4,7-9,14H,2,5-6,10H2. The molecular formula is C13H15NO2. The van der Waals surface area contributed by atoms with Gasteiger partial charge >= 0.3 is 5.97 Å². The largest absolute Gasteiger partial charge is 0.362 e. The first-order chi connectivity index (χ1) is 7.86. The van der Waals surface area contributed by atoms with Gasteiger partial charge in [-0.05, 0) is 37.8 Å². The van der Waals surface area contributed by atoms with Gasteiger partial charge in [0, 0.05) is 5.70 Å². The lowest BCUT2D eigenvalue weighted by atomic mass is 10.1. The number of nitrogens with one attached hydrogen (secondary N) is 1. The van der Waals surface area contributed by atoms with Gasteiger partial charge in [0.2, 0.25) is 0 Å². The van der Waals surface area contributed by atoms with Crippen LogP contribution in [-0.2, 0) is 4.84 Å². The van der Waals surface area contributed by atoms with E-state index in [0.29, 0.717) is 5.56 Å². The van der Waals surface area contributed by atoms with Gasteiger partial charge in [-0.15, -0.1) is 0 Å². The van der Waals surface area contributed by atoms with E-state index in [0.717, 1.165) is 25.0 Å². The van der Waals surface area contributed by atoms with Gasteiger partial charge in [0.1, 0.15) is 0 Å².